The Kier molecular flexibility index (Phi) is 3.50. The van der Waals surface area contributed by atoms with E-state index in [1.807, 2.05) is 4.90 Å². The van der Waals surface area contributed by atoms with Crippen LogP contribution in [0, 0.1) is 5.41 Å². The molecule has 1 atom stereocenters. The Labute approximate surface area is 97.3 Å². The van der Waals surface area contributed by atoms with E-state index in [-0.39, 0.29) is 11.9 Å². The molecule has 0 aromatic heterocycles. The molecule has 16 heavy (non-hydrogen) atoms. The summed E-state index contributed by atoms with van der Waals surface area (Å²) in [5.74, 6) is 0.272. The number of rotatable bonds is 2. The first-order chi connectivity index (χ1) is 7.57. The van der Waals surface area contributed by atoms with Gasteiger partial charge in [0.05, 0.1) is 13.2 Å². The maximum absolute atomic E-state index is 12.0. The van der Waals surface area contributed by atoms with Crippen molar-refractivity contribution < 1.29 is 9.53 Å². The highest BCUT2D eigenvalue weighted by Gasteiger charge is 2.32. The second-order valence-electron chi connectivity index (χ2n) is 5.66. The number of morpholine rings is 1. The fourth-order valence-electron chi connectivity index (χ4n) is 2.42. The highest BCUT2D eigenvalue weighted by Crippen LogP contribution is 2.29. The lowest BCUT2D eigenvalue weighted by Gasteiger charge is -2.26. The van der Waals surface area contributed by atoms with Gasteiger partial charge in [0.1, 0.15) is 0 Å². The molecule has 2 aliphatic rings. The third kappa shape index (κ3) is 2.95. The van der Waals surface area contributed by atoms with Gasteiger partial charge in [-0.05, 0) is 11.8 Å². The average molecular weight is 226 g/mol. The molecule has 0 radical (unpaired) electrons. The zero-order valence-electron chi connectivity index (χ0n) is 10.3. The number of amides is 1. The molecule has 0 aromatic carbocycles. The molecule has 0 bridgehead atoms. The number of likely N-dealkylation sites (tertiary alicyclic amines) is 1. The van der Waals surface area contributed by atoms with E-state index in [4.69, 9.17) is 4.74 Å². The van der Waals surface area contributed by atoms with Crippen molar-refractivity contribution in [3.63, 3.8) is 0 Å². The first-order valence-electron chi connectivity index (χ1n) is 6.16. The van der Waals surface area contributed by atoms with Crippen LogP contribution in [-0.2, 0) is 9.53 Å². The summed E-state index contributed by atoms with van der Waals surface area (Å²) in [4.78, 5) is 14.0. The van der Waals surface area contributed by atoms with Gasteiger partial charge in [-0.25, -0.2) is 0 Å². The number of ether oxygens (including phenoxy) is 1. The predicted molar refractivity (Wildman–Crippen MR) is 62.2 cm³/mol. The standard InChI is InChI=1S/C12H22N2O2/c1-12(2)3-5-14(9-12)11(15)7-10-8-16-6-4-13-10/h10,13H,3-9H2,1-2H3. The van der Waals surface area contributed by atoms with Gasteiger partial charge in [0.2, 0.25) is 5.91 Å². The first-order valence-corrected chi connectivity index (χ1v) is 6.16. The highest BCUT2D eigenvalue weighted by atomic mass is 16.5. The van der Waals surface area contributed by atoms with Crippen molar-refractivity contribution in [1.82, 2.24) is 10.2 Å². The summed E-state index contributed by atoms with van der Waals surface area (Å²) < 4.78 is 5.35. The van der Waals surface area contributed by atoms with Crippen molar-refractivity contribution >= 4 is 5.91 Å². The minimum Gasteiger partial charge on any atom is -0.378 e. The van der Waals surface area contributed by atoms with Crippen LogP contribution in [-0.4, -0.2) is 49.7 Å². The van der Waals surface area contributed by atoms with E-state index < -0.39 is 0 Å². The van der Waals surface area contributed by atoms with Crippen molar-refractivity contribution in [1.29, 1.82) is 0 Å². The number of nitrogens with zero attached hydrogens (tertiary/aromatic N) is 1. The molecule has 1 amide bonds. The Bertz CT molecular complexity index is 260. The number of nitrogens with one attached hydrogen (secondary N) is 1. The average Bonchev–Trinajstić information content (AvgIpc) is 2.60. The summed E-state index contributed by atoms with van der Waals surface area (Å²) in [7, 11) is 0. The Morgan fingerprint density at radius 1 is 1.56 bits per heavy atom. The van der Waals surface area contributed by atoms with Crippen LogP contribution in [0.2, 0.25) is 0 Å². The summed E-state index contributed by atoms with van der Waals surface area (Å²) >= 11 is 0. The molecule has 1 unspecified atom stereocenters. The van der Waals surface area contributed by atoms with Gasteiger partial charge in [-0.1, -0.05) is 13.8 Å². The van der Waals surface area contributed by atoms with E-state index in [0.29, 0.717) is 18.4 Å². The van der Waals surface area contributed by atoms with Gasteiger partial charge in [0.25, 0.3) is 0 Å². The van der Waals surface area contributed by atoms with Gasteiger partial charge < -0.3 is 15.0 Å². The van der Waals surface area contributed by atoms with E-state index in [0.717, 1.165) is 32.7 Å². The highest BCUT2D eigenvalue weighted by molar-refractivity contribution is 5.77. The maximum atomic E-state index is 12.0. The van der Waals surface area contributed by atoms with Gasteiger partial charge in [-0.3, -0.25) is 4.79 Å². The monoisotopic (exact) mass is 226 g/mol. The zero-order valence-corrected chi connectivity index (χ0v) is 10.3. The van der Waals surface area contributed by atoms with Crippen LogP contribution in [0.4, 0.5) is 0 Å². The molecule has 0 aromatic rings. The van der Waals surface area contributed by atoms with Gasteiger partial charge in [-0.2, -0.15) is 0 Å². The van der Waals surface area contributed by atoms with Crippen LogP contribution in [0.25, 0.3) is 0 Å². The van der Waals surface area contributed by atoms with Gasteiger partial charge in [-0.15, -0.1) is 0 Å². The molecule has 2 saturated heterocycles. The maximum Gasteiger partial charge on any atom is 0.224 e. The minimum atomic E-state index is 0.213. The van der Waals surface area contributed by atoms with E-state index >= 15 is 0 Å². The lowest BCUT2D eigenvalue weighted by molar-refractivity contribution is -0.131. The molecule has 2 fully saturated rings. The van der Waals surface area contributed by atoms with Crippen molar-refractivity contribution in [2.24, 2.45) is 5.41 Å². The normalized spacial score (nSPS) is 29.4. The molecule has 1 N–H and O–H groups in total. The second kappa shape index (κ2) is 4.72. The smallest absolute Gasteiger partial charge is 0.224 e. The van der Waals surface area contributed by atoms with Crippen LogP contribution in [0.5, 0.6) is 0 Å². The largest absolute Gasteiger partial charge is 0.378 e. The van der Waals surface area contributed by atoms with Crippen molar-refractivity contribution in [3.05, 3.63) is 0 Å². The van der Waals surface area contributed by atoms with E-state index in [2.05, 4.69) is 19.2 Å². The Balaban J connectivity index is 1.79. The van der Waals surface area contributed by atoms with E-state index in [9.17, 15) is 4.79 Å². The topological polar surface area (TPSA) is 41.6 Å². The van der Waals surface area contributed by atoms with Crippen LogP contribution in [0.15, 0.2) is 0 Å². The molecule has 0 spiro atoms. The fourth-order valence-corrected chi connectivity index (χ4v) is 2.42. The lowest BCUT2D eigenvalue weighted by Crippen LogP contribution is -2.45. The van der Waals surface area contributed by atoms with Crippen molar-refractivity contribution in [2.45, 2.75) is 32.7 Å². The summed E-state index contributed by atoms with van der Waals surface area (Å²) in [6, 6.07) is 0.213. The summed E-state index contributed by atoms with van der Waals surface area (Å²) in [6.07, 6.45) is 1.70. The molecule has 2 aliphatic heterocycles. The van der Waals surface area contributed by atoms with Gasteiger partial charge in [0, 0.05) is 32.1 Å². The zero-order chi connectivity index (χ0) is 11.6. The van der Waals surface area contributed by atoms with E-state index in [1.54, 1.807) is 0 Å². The minimum absolute atomic E-state index is 0.213. The fraction of sp³-hybridized carbons (Fsp3) is 0.917. The second-order valence-corrected chi connectivity index (χ2v) is 5.66. The van der Waals surface area contributed by atoms with Crippen molar-refractivity contribution in [2.75, 3.05) is 32.8 Å². The van der Waals surface area contributed by atoms with E-state index in [1.165, 1.54) is 0 Å². The Morgan fingerprint density at radius 3 is 2.94 bits per heavy atom. The van der Waals surface area contributed by atoms with Crippen LogP contribution in [0.3, 0.4) is 0 Å². The Morgan fingerprint density at radius 2 is 2.38 bits per heavy atom. The number of carbonyl (C=O) groups is 1. The quantitative estimate of drug-likeness (QED) is 0.750. The first kappa shape index (κ1) is 11.9. The lowest BCUT2D eigenvalue weighted by atomic mass is 9.93. The SMILES string of the molecule is CC1(C)CCN(C(=O)CC2COCCN2)C1. The summed E-state index contributed by atoms with van der Waals surface area (Å²) in [6.45, 7) is 8.57. The predicted octanol–water partition coefficient (Wildman–Crippen LogP) is 0.623. The summed E-state index contributed by atoms with van der Waals surface area (Å²) in [5.41, 5.74) is 0.298. The van der Waals surface area contributed by atoms with Crippen LogP contribution < -0.4 is 5.32 Å². The van der Waals surface area contributed by atoms with Crippen LogP contribution >= 0.6 is 0 Å². The molecule has 4 heteroatoms. The van der Waals surface area contributed by atoms with Crippen molar-refractivity contribution in [3.8, 4) is 0 Å². The Hall–Kier alpha value is -0.610. The third-order valence-corrected chi connectivity index (χ3v) is 3.45. The van der Waals surface area contributed by atoms with Gasteiger partial charge >= 0.3 is 0 Å². The molecule has 2 rings (SSSR count). The number of carbonyl (C=O) groups excluding carboxylic acids is 1. The molecule has 0 saturated carbocycles. The van der Waals surface area contributed by atoms with Crippen LogP contribution in [0.1, 0.15) is 26.7 Å². The molecular weight excluding hydrogens is 204 g/mol. The van der Waals surface area contributed by atoms with Gasteiger partial charge in [0.15, 0.2) is 0 Å². The molecular formula is C12H22N2O2. The summed E-state index contributed by atoms with van der Waals surface area (Å²) in [5, 5.41) is 3.32. The number of hydrogen-bond acceptors (Lipinski definition) is 3. The molecule has 4 nitrogen and oxygen atoms in total. The third-order valence-electron chi connectivity index (χ3n) is 3.45. The molecule has 2 heterocycles. The molecule has 0 aliphatic carbocycles. The number of hydrogen-bond donors (Lipinski definition) is 1. The molecule has 92 valence electrons.